The third-order valence-corrected chi connectivity index (χ3v) is 4.58. The van der Waals surface area contributed by atoms with Gasteiger partial charge >= 0.3 is 5.97 Å². The summed E-state index contributed by atoms with van der Waals surface area (Å²) in [7, 11) is 0. The van der Waals surface area contributed by atoms with E-state index in [-0.39, 0.29) is 23.9 Å². The number of aliphatic hydroxyl groups is 1. The fraction of sp³-hybridized carbons (Fsp3) is 0.533. The number of hydrogen-bond acceptors (Lipinski definition) is 3. The minimum Gasteiger partial charge on any atom is -0.457 e. The van der Waals surface area contributed by atoms with Crippen LogP contribution in [0.3, 0.4) is 0 Å². The van der Waals surface area contributed by atoms with Crippen LogP contribution in [-0.4, -0.2) is 23.3 Å². The summed E-state index contributed by atoms with van der Waals surface area (Å²) in [6.07, 6.45) is 2.92. The van der Waals surface area contributed by atoms with Crippen LogP contribution in [-0.2, 0) is 9.53 Å². The summed E-state index contributed by atoms with van der Waals surface area (Å²) in [5.74, 6) is -0.450. The Morgan fingerprint density at radius 2 is 2.17 bits per heavy atom. The fourth-order valence-electron chi connectivity index (χ4n) is 3.60. The molecule has 0 amide bonds. The lowest BCUT2D eigenvalue weighted by Crippen LogP contribution is -2.32. The Morgan fingerprint density at radius 1 is 1.44 bits per heavy atom. The zero-order valence-corrected chi connectivity index (χ0v) is 10.8. The van der Waals surface area contributed by atoms with Gasteiger partial charge in [0.1, 0.15) is 6.10 Å². The van der Waals surface area contributed by atoms with E-state index in [1.54, 1.807) is 0 Å². The van der Waals surface area contributed by atoms with Crippen LogP contribution in [0.25, 0.3) is 0 Å². The number of aliphatic hydroxyl groups excluding tert-OH is 1. The zero-order valence-electron chi connectivity index (χ0n) is 10.8. The molecule has 0 radical (unpaired) electrons. The van der Waals surface area contributed by atoms with Gasteiger partial charge in [-0.3, -0.25) is 0 Å². The molecule has 1 aliphatic heterocycles. The Balaban J connectivity index is 2.09. The summed E-state index contributed by atoms with van der Waals surface area (Å²) < 4.78 is 5.49. The number of allylic oxidation sites excluding steroid dienone is 1. The summed E-state index contributed by atoms with van der Waals surface area (Å²) in [4.78, 5) is 11.7. The van der Waals surface area contributed by atoms with E-state index in [9.17, 15) is 9.90 Å². The Kier molecular flexibility index (Phi) is 2.49. The minimum atomic E-state index is -0.556. The second-order valence-corrected chi connectivity index (χ2v) is 5.63. The highest BCUT2D eigenvalue weighted by molar-refractivity contribution is 5.91. The van der Waals surface area contributed by atoms with Crippen LogP contribution >= 0.6 is 0 Å². The number of carbonyl (C=O) groups excluding carboxylic acids is 1. The van der Waals surface area contributed by atoms with E-state index < -0.39 is 6.10 Å². The molecule has 1 heterocycles. The summed E-state index contributed by atoms with van der Waals surface area (Å²) in [6.45, 7) is 7.95. The van der Waals surface area contributed by atoms with Gasteiger partial charge in [0.05, 0.1) is 12.0 Å². The molecule has 3 rings (SSSR count). The van der Waals surface area contributed by atoms with Crippen LogP contribution in [0.4, 0.5) is 0 Å². The van der Waals surface area contributed by atoms with Crippen LogP contribution < -0.4 is 0 Å². The van der Waals surface area contributed by atoms with Gasteiger partial charge in [0, 0.05) is 11.5 Å². The average molecular weight is 246 g/mol. The standard InChI is InChI=1S/C15H18O3/c1-7-4-5-10-8(2)6-11(16)13-9(3)15(17)18-14(13)12(7)10/h4,11-14,16H,3,5-6H2,1-2H3. The van der Waals surface area contributed by atoms with Crippen molar-refractivity contribution in [1.29, 1.82) is 0 Å². The van der Waals surface area contributed by atoms with Crippen LogP contribution in [0, 0.1) is 11.8 Å². The van der Waals surface area contributed by atoms with Gasteiger partial charge in [0.25, 0.3) is 0 Å². The summed E-state index contributed by atoms with van der Waals surface area (Å²) >= 11 is 0. The van der Waals surface area contributed by atoms with Gasteiger partial charge in [-0.25, -0.2) is 4.79 Å². The molecule has 0 saturated carbocycles. The Bertz CT molecular complexity index is 498. The van der Waals surface area contributed by atoms with Gasteiger partial charge in [-0.1, -0.05) is 29.4 Å². The molecule has 4 atom stereocenters. The largest absolute Gasteiger partial charge is 0.457 e. The monoisotopic (exact) mass is 246 g/mol. The minimum absolute atomic E-state index is 0.148. The summed E-state index contributed by atoms with van der Waals surface area (Å²) in [5, 5.41) is 10.3. The second kappa shape index (κ2) is 3.82. The predicted molar refractivity (Wildman–Crippen MR) is 67.7 cm³/mol. The van der Waals surface area contributed by atoms with Crippen molar-refractivity contribution in [1.82, 2.24) is 0 Å². The summed E-state index contributed by atoms with van der Waals surface area (Å²) in [6, 6.07) is 0. The average Bonchev–Trinajstić information content (AvgIpc) is 2.77. The molecule has 1 N–H and O–H groups in total. The van der Waals surface area contributed by atoms with Crippen molar-refractivity contribution in [3.8, 4) is 0 Å². The van der Waals surface area contributed by atoms with Crippen LogP contribution in [0.5, 0.6) is 0 Å². The van der Waals surface area contributed by atoms with Crippen molar-refractivity contribution in [2.45, 2.75) is 38.9 Å². The smallest absolute Gasteiger partial charge is 0.334 e. The maximum absolute atomic E-state index is 11.7. The van der Waals surface area contributed by atoms with Gasteiger partial charge < -0.3 is 9.84 Å². The topological polar surface area (TPSA) is 46.5 Å². The SMILES string of the molecule is C=C1C(=O)OC2C3C(C)=CCC3=C(C)CC(O)C12. The maximum Gasteiger partial charge on any atom is 0.334 e. The van der Waals surface area contributed by atoms with Crippen LogP contribution in [0.2, 0.25) is 0 Å². The van der Waals surface area contributed by atoms with Crippen LogP contribution in [0.1, 0.15) is 26.7 Å². The molecule has 18 heavy (non-hydrogen) atoms. The first kappa shape index (κ1) is 11.7. The molecule has 3 nitrogen and oxygen atoms in total. The molecule has 0 aromatic carbocycles. The second-order valence-electron chi connectivity index (χ2n) is 5.63. The highest BCUT2D eigenvalue weighted by Crippen LogP contribution is 2.48. The Morgan fingerprint density at radius 3 is 2.89 bits per heavy atom. The lowest BCUT2D eigenvalue weighted by atomic mass is 9.82. The van der Waals surface area contributed by atoms with Crippen LogP contribution in [0.15, 0.2) is 34.9 Å². The molecule has 96 valence electrons. The van der Waals surface area contributed by atoms with E-state index in [1.165, 1.54) is 16.7 Å². The van der Waals surface area contributed by atoms with Gasteiger partial charge in [-0.05, 0) is 26.7 Å². The first-order valence-corrected chi connectivity index (χ1v) is 6.43. The van der Waals surface area contributed by atoms with Crippen molar-refractivity contribution >= 4 is 5.97 Å². The number of carbonyl (C=O) groups is 1. The number of hydrogen-bond donors (Lipinski definition) is 1. The number of ether oxygens (including phenoxy) is 1. The third-order valence-electron chi connectivity index (χ3n) is 4.58. The molecule has 3 heteroatoms. The fourth-order valence-corrected chi connectivity index (χ4v) is 3.60. The Labute approximate surface area is 107 Å². The van der Waals surface area contributed by atoms with Gasteiger partial charge in [-0.2, -0.15) is 0 Å². The molecule has 1 fully saturated rings. The maximum atomic E-state index is 11.7. The first-order valence-electron chi connectivity index (χ1n) is 6.43. The highest BCUT2D eigenvalue weighted by atomic mass is 16.6. The zero-order chi connectivity index (χ0) is 13.0. The van der Waals surface area contributed by atoms with E-state index in [4.69, 9.17) is 4.74 Å². The molecular formula is C15H18O3. The molecule has 0 aromatic rings. The van der Waals surface area contributed by atoms with Crippen molar-refractivity contribution in [2.75, 3.05) is 0 Å². The van der Waals surface area contributed by atoms with E-state index in [1.807, 2.05) is 0 Å². The van der Waals surface area contributed by atoms with Gasteiger partial charge in [0.15, 0.2) is 0 Å². The summed E-state index contributed by atoms with van der Waals surface area (Å²) in [5.41, 5.74) is 4.23. The van der Waals surface area contributed by atoms with E-state index in [2.05, 4.69) is 26.5 Å². The van der Waals surface area contributed by atoms with E-state index in [0.717, 1.165) is 6.42 Å². The molecule has 1 saturated heterocycles. The number of fused-ring (bicyclic) bond motifs is 3. The lowest BCUT2D eigenvalue weighted by molar-refractivity contribution is -0.140. The predicted octanol–water partition coefficient (Wildman–Crippen LogP) is 2.13. The molecule has 0 aromatic heterocycles. The third kappa shape index (κ3) is 1.43. The molecule has 0 bridgehead atoms. The van der Waals surface area contributed by atoms with E-state index >= 15 is 0 Å². The van der Waals surface area contributed by atoms with Crippen molar-refractivity contribution < 1.29 is 14.6 Å². The van der Waals surface area contributed by atoms with Crippen molar-refractivity contribution in [3.63, 3.8) is 0 Å². The molecule has 0 spiro atoms. The number of esters is 1. The van der Waals surface area contributed by atoms with Gasteiger partial charge in [-0.15, -0.1) is 0 Å². The van der Waals surface area contributed by atoms with Crippen molar-refractivity contribution in [2.24, 2.45) is 11.8 Å². The van der Waals surface area contributed by atoms with E-state index in [0.29, 0.717) is 12.0 Å². The molecule has 3 aliphatic rings. The molecule has 4 unspecified atom stereocenters. The lowest BCUT2D eigenvalue weighted by Gasteiger charge is -2.25. The number of rotatable bonds is 0. The van der Waals surface area contributed by atoms with Crippen molar-refractivity contribution in [3.05, 3.63) is 34.9 Å². The Hall–Kier alpha value is -1.35. The molecule has 2 aliphatic carbocycles. The normalized spacial score (nSPS) is 39.2. The first-order chi connectivity index (χ1) is 8.50. The highest BCUT2D eigenvalue weighted by Gasteiger charge is 2.50. The quantitative estimate of drug-likeness (QED) is 0.404. The molecular weight excluding hydrogens is 228 g/mol. The van der Waals surface area contributed by atoms with Gasteiger partial charge in [0.2, 0.25) is 0 Å².